The Morgan fingerprint density at radius 2 is 2.28 bits per heavy atom. The summed E-state index contributed by atoms with van der Waals surface area (Å²) in [6.45, 7) is 0. The van der Waals surface area contributed by atoms with Crippen LogP contribution in [-0.2, 0) is 9.59 Å². The number of aromatic nitrogens is 1. The van der Waals surface area contributed by atoms with Crippen molar-refractivity contribution in [2.45, 2.75) is 12.5 Å². The highest BCUT2D eigenvalue weighted by atomic mass is 32.1. The summed E-state index contributed by atoms with van der Waals surface area (Å²) < 4.78 is 0. The quantitative estimate of drug-likeness (QED) is 0.585. The molecule has 6 nitrogen and oxygen atoms in total. The van der Waals surface area contributed by atoms with E-state index in [1.165, 1.54) is 13.2 Å². The number of thiocarbonyl (C=S) groups is 1. The fourth-order valence-electron chi connectivity index (χ4n) is 1.69. The fraction of sp³-hybridized carbons (Fsp3) is 0.273. The van der Waals surface area contributed by atoms with Crippen molar-refractivity contribution in [2.24, 2.45) is 5.73 Å². The third-order valence-electron chi connectivity index (χ3n) is 2.74. The molecule has 0 bridgehead atoms. The highest BCUT2D eigenvalue weighted by molar-refractivity contribution is 7.80. The van der Waals surface area contributed by atoms with E-state index in [9.17, 15) is 9.59 Å². The molecule has 7 heteroatoms. The van der Waals surface area contributed by atoms with Gasteiger partial charge in [-0.15, -0.1) is 0 Å². The molecule has 1 fully saturated rings. The van der Waals surface area contributed by atoms with Crippen molar-refractivity contribution >= 4 is 34.7 Å². The van der Waals surface area contributed by atoms with Gasteiger partial charge in [-0.2, -0.15) is 0 Å². The average molecular weight is 264 g/mol. The third-order valence-corrected chi connectivity index (χ3v) is 2.95. The molecular weight excluding hydrogens is 252 g/mol. The Hall–Kier alpha value is -2.02. The second-order valence-corrected chi connectivity index (χ2v) is 4.43. The minimum absolute atomic E-state index is 0.159. The zero-order valence-corrected chi connectivity index (χ0v) is 10.5. The van der Waals surface area contributed by atoms with Crippen LogP contribution in [0.25, 0.3) is 0 Å². The first-order valence-corrected chi connectivity index (χ1v) is 5.72. The van der Waals surface area contributed by atoms with Crippen LogP contribution in [0.4, 0.5) is 5.69 Å². The van der Waals surface area contributed by atoms with Gasteiger partial charge in [0.1, 0.15) is 11.0 Å². The van der Waals surface area contributed by atoms with Crippen LogP contribution in [0.15, 0.2) is 18.3 Å². The first kappa shape index (κ1) is 12.4. The van der Waals surface area contributed by atoms with Crippen LogP contribution >= 0.6 is 12.2 Å². The highest BCUT2D eigenvalue weighted by Crippen LogP contribution is 2.16. The normalized spacial score (nSPS) is 19.2. The molecule has 18 heavy (non-hydrogen) atoms. The molecule has 94 valence electrons. The number of hydrogen-bond donors (Lipinski definition) is 2. The molecule has 2 amide bonds. The van der Waals surface area contributed by atoms with Crippen LogP contribution < -0.4 is 11.1 Å². The summed E-state index contributed by atoms with van der Waals surface area (Å²) in [5, 5.41) is 2.96. The zero-order chi connectivity index (χ0) is 13.3. The molecule has 0 spiro atoms. The average Bonchev–Trinajstić information content (AvgIpc) is 2.58. The number of amides is 2. The smallest absolute Gasteiger partial charge is 0.251 e. The van der Waals surface area contributed by atoms with Crippen LogP contribution in [0.3, 0.4) is 0 Å². The molecule has 1 atom stereocenters. The number of likely N-dealkylation sites (tertiary alicyclic amines) is 1. The Morgan fingerprint density at radius 1 is 1.56 bits per heavy atom. The van der Waals surface area contributed by atoms with Gasteiger partial charge in [-0.05, 0) is 12.1 Å². The van der Waals surface area contributed by atoms with Crippen LogP contribution in [0.1, 0.15) is 12.1 Å². The lowest BCUT2D eigenvalue weighted by atomic mass is 10.2. The summed E-state index contributed by atoms with van der Waals surface area (Å²) in [6.07, 6.45) is 1.69. The Morgan fingerprint density at radius 3 is 2.72 bits per heavy atom. The Bertz CT molecular complexity index is 514. The van der Waals surface area contributed by atoms with Gasteiger partial charge in [0.15, 0.2) is 0 Å². The number of anilines is 1. The van der Waals surface area contributed by atoms with Gasteiger partial charge in [-0.1, -0.05) is 12.2 Å². The van der Waals surface area contributed by atoms with Crippen molar-refractivity contribution in [2.75, 3.05) is 12.4 Å². The summed E-state index contributed by atoms with van der Waals surface area (Å²) in [5.41, 5.74) is 6.59. The first-order chi connectivity index (χ1) is 8.49. The number of carbonyl (C=O) groups is 2. The minimum Gasteiger partial charge on any atom is -0.388 e. The number of carbonyl (C=O) groups excluding carboxylic acids is 2. The van der Waals surface area contributed by atoms with Gasteiger partial charge in [-0.3, -0.25) is 19.5 Å². The van der Waals surface area contributed by atoms with E-state index in [4.69, 9.17) is 18.0 Å². The van der Waals surface area contributed by atoms with E-state index in [-0.39, 0.29) is 23.2 Å². The molecule has 2 heterocycles. The predicted molar refractivity (Wildman–Crippen MR) is 69.9 cm³/mol. The van der Waals surface area contributed by atoms with Crippen molar-refractivity contribution in [1.29, 1.82) is 0 Å². The molecule has 1 aliphatic heterocycles. The topological polar surface area (TPSA) is 88.3 Å². The summed E-state index contributed by atoms with van der Waals surface area (Å²) in [7, 11) is 1.47. The van der Waals surface area contributed by atoms with Crippen molar-refractivity contribution in [1.82, 2.24) is 9.88 Å². The second-order valence-electron chi connectivity index (χ2n) is 3.99. The molecule has 3 N–H and O–H groups in total. The number of nitrogens with zero attached hydrogens (tertiary/aromatic N) is 2. The summed E-state index contributed by atoms with van der Waals surface area (Å²) in [5.74, 6) is -0.427. The van der Waals surface area contributed by atoms with E-state index in [0.717, 1.165) is 4.90 Å². The second kappa shape index (κ2) is 4.69. The largest absolute Gasteiger partial charge is 0.388 e. The van der Waals surface area contributed by atoms with Gasteiger partial charge >= 0.3 is 0 Å². The number of pyridine rings is 1. The van der Waals surface area contributed by atoms with Gasteiger partial charge in [0.25, 0.3) is 5.91 Å². The Kier molecular flexibility index (Phi) is 3.24. The predicted octanol–water partition coefficient (Wildman–Crippen LogP) is -0.115. The number of likely N-dealkylation sites (N-methyl/N-ethyl adjacent to an activating group) is 1. The van der Waals surface area contributed by atoms with Gasteiger partial charge in [0.2, 0.25) is 5.91 Å². The number of nitrogens with two attached hydrogens (primary N) is 1. The molecule has 1 saturated heterocycles. The Balaban J connectivity index is 2.08. The van der Waals surface area contributed by atoms with Crippen molar-refractivity contribution < 1.29 is 9.59 Å². The van der Waals surface area contributed by atoms with E-state index < -0.39 is 6.04 Å². The first-order valence-electron chi connectivity index (χ1n) is 5.32. The number of nitrogens with one attached hydrogen (secondary N) is 1. The van der Waals surface area contributed by atoms with Crippen LogP contribution in [0, 0.1) is 0 Å². The maximum atomic E-state index is 11.7. The standard InChI is InChI=1S/C11H12N4O2S/c1-15-9(16)4-8(11(15)17)14-6-2-3-7(10(12)18)13-5-6/h2-3,5,8,14H,4H2,1H3,(H2,12,18). The lowest BCUT2D eigenvalue weighted by Gasteiger charge is -2.12. The fourth-order valence-corrected chi connectivity index (χ4v) is 1.82. The molecule has 0 aliphatic carbocycles. The van der Waals surface area contributed by atoms with Gasteiger partial charge in [0, 0.05) is 7.05 Å². The zero-order valence-electron chi connectivity index (χ0n) is 9.71. The molecule has 1 aliphatic rings. The minimum atomic E-state index is -0.528. The maximum Gasteiger partial charge on any atom is 0.251 e. The molecule has 0 saturated carbocycles. The third kappa shape index (κ3) is 2.30. The van der Waals surface area contributed by atoms with E-state index in [2.05, 4.69) is 10.3 Å². The molecule has 1 aromatic heterocycles. The van der Waals surface area contributed by atoms with Gasteiger partial charge < -0.3 is 11.1 Å². The van der Waals surface area contributed by atoms with Crippen LogP contribution in [-0.4, -0.2) is 39.8 Å². The van der Waals surface area contributed by atoms with E-state index in [0.29, 0.717) is 11.4 Å². The molecule has 2 rings (SSSR count). The van der Waals surface area contributed by atoms with Crippen molar-refractivity contribution in [3.63, 3.8) is 0 Å². The molecule has 1 aromatic rings. The van der Waals surface area contributed by atoms with Crippen LogP contribution in [0.5, 0.6) is 0 Å². The monoisotopic (exact) mass is 264 g/mol. The molecule has 0 aromatic carbocycles. The lowest BCUT2D eigenvalue weighted by Crippen LogP contribution is -2.31. The molecular formula is C11H12N4O2S. The van der Waals surface area contributed by atoms with Crippen molar-refractivity contribution in [3.05, 3.63) is 24.0 Å². The van der Waals surface area contributed by atoms with Gasteiger partial charge in [-0.25, -0.2) is 0 Å². The molecule has 1 unspecified atom stereocenters. The molecule has 0 radical (unpaired) electrons. The highest BCUT2D eigenvalue weighted by Gasteiger charge is 2.35. The number of rotatable bonds is 3. The van der Waals surface area contributed by atoms with E-state index in [1.54, 1.807) is 12.1 Å². The number of imide groups is 1. The Labute approximate surface area is 109 Å². The number of hydrogen-bond acceptors (Lipinski definition) is 5. The maximum absolute atomic E-state index is 11.7. The van der Waals surface area contributed by atoms with E-state index >= 15 is 0 Å². The summed E-state index contributed by atoms with van der Waals surface area (Å²) in [6, 6.07) is 2.85. The van der Waals surface area contributed by atoms with Gasteiger partial charge in [0.05, 0.1) is 24.0 Å². The van der Waals surface area contributed by atoms with Crippen molar-refractivity contribution in [3.8, 4) is 0 Å². The van der Waals surface area contributed by atoms with Crippen LogP contribution in [0.2, 0.25) is 0 Å². The lowest BCUT2D eigenvalue weighted by molar-refractivity contribution is -0.136. The van der Waals surface area contributed by atoms with E-state index in [1.807, 2.05) is 0 Å². The SMILES string of the molecule is CN1C(=O)CC(Nc2ccc(C(N)=S)nc2)C1=O. The summed E-state index contributed by atoms with van der Waals surface area (Å²) in [4.78, 5) is 28.4. The summed E-state index contributed by atoms with van der Waals surface area (Å²) >= 11 is 4.79.